The normalized spacial score (nSPS) is 37.8. The highest BCUT2D eigenvalue weighted by atomic mass is 16.1. The van der Waals surface area contributed by atoms with Gasteiger partial charge < -0.3 is 0 Å². The van der Waals surface area contributed by atoms with Crippen LogP contribution in [0.4, 0.5) is 0 Å². The van der Waals surface area contributed by atoms with E-state index in [1.54, 1.807) is 6.92 Å². The molecule has 2 rings (SSSR count). The highest BCUT2D eigenvalue weighted by Gasteiger charge is 2.56. The van der Waals surface area contributed by atoms with Crippen molar-refractivity contribution in [2.24, 2.45) is 22.7 Å². The summed E-state index contributed by atoms with van der Waals surface area (Å²) >= 11 is 0. The average Bonchev–Trinajstić information content (AvgIpc) is 1.95. The van der Waals surface area contributed by atoms with Gasteiger partial charge in [0.2, 0.25) is 0 Å². The Balaban J connectivity index is 1.84. The van der Waals surface area contributed by atoms with E-state index in [2.05, 4.69) is 0 Å². The highest BCUT2D eigenvalue weighted by molar-refractivity contribution is 5.87. The largest absolute Gasteiger partial charge is 0.300 e. The molecule has 0 bridgehead atoms. The molecule has 1 spiro atoms. The molecule has 0 heterocycles. The van der Waals surface area contributed by atoms with Gasteiger partial charge in [-0.05, 0) is 38.0 Å². The molecule has 0 unspecified atom stereocenters. The lowest BCUT2D eigenvalue weighted by molar-refractivity contribution is -0.150. The lowest BCUT2D eigenvalue weighted by Crippen LogP contribution is -2.52. The van der Waals surface area contributed by atoms with Gasteiger partial charge in [0.15, 0.2) is 0 Å². The van der Waals surface area contributed by atoms with Crippen LogP contribution in [0.25, 0.3) is 0 Å². The Kier molecular flexibility index (Phi) is 2.52. The molecule has 2 aliphatic rings. The molecule has 90 valence electrons. The number of carbonyl (C=O) groups excluding carboxylic acids is 2. The fourth-order valence-corrected chi connectivity index (χ4v) is 3.39. The van der Waals surface area contributed by atoms with E-state index in [9.17, 15) is 9.59 Å². The molecule has 0 atom stereocenters. The summed E-state index contributed by atoms with van der Waals surface area (Å²) in [6, 6.07) is 0. The molecular weight excluding hydrogens is 200 g/mol. The molecule has 0 radical (unpaired) electrons. The van der Waals surface area contributed by atoms with E-state index >= 15 is 0 Å². The Labute approximate surface area is 97.8 Å². The Bertz CT molecular complexity index is 321. The monoisotopic (exact) mass is 222 g/mol. The minimum Gasteiger partial charge on any atom is -0.300 e. The predicted molar refractivity (Wildman–Crippen MR) is 63.0 cm³/mol. The van der Waals surface area contributed by atoms with Gasteiger partial charge in [-0.25, -0.2) is 0 Å². The van der Waals surface area contributed by atoms with Crippen molar-refractivity contribution in [1.82, 2.24) is 0 Å². The van der Waals surface area contributed by atoms with Gasteiger partial charge in [-0.3, -0.25) is 9.59 Å². The number of hydrogen-bond donors (Lipinski definition) is 0. The molecule has 0 aromatic carbocycles. The minimum absolute atomic E-state index is 0.198. The third-order valence-corrected chi connectivity index (χ3v) is 4.40. The maximum absolute atomic E-state index is 12.0. The first kappa shape index (κ1) is 11.8. The van der Waals surface area contributed by atoms with E-state index in [0.717, 1.165) is 25.7 Å². The lowest BCUT2D eigenvalue weighted by atomic mass is 9.46. The van der Waals surface area contributed by atoms with Gasteiger partial charge in [0.25, 0.3) is 0 Å². The van der Waals surface area contributed by atoms with E-state index in [1.807, 2.05) is 20.8 Å². The smallest absolute Gasteiger partial charge is 0.141 e. The topological polar surface area (TPSA) is 34.1 Å². The molecule has 2 aliphatic carbocycles. The van der Waals surface area contributed by atoms with Crippen LogP contribution in [0.2, 0.25) is 0 Å². The first-order valence-electron chi connectivity index (χ1n) is 6.28. The van der Waals surface area contributed by atoms with Crippen molar-refractivity contribution < 1.29 is 9.59 Å². The standard InChI is InChI=1S/C14H22O2/c1-9(15)10-5-14(6-10)7-11(8-14)12(16)13(2,3)4/h10-11H,5-8H2,1-4H3. The maximum Gasteiger partial charge on any atom is 0.141 e. The number of rotatable bonds is 2. The minimum atomic E-state index is -0.198. The molecule has 0 saturated heterocycles. The lowest BCUT2D eigenvalue weighted by Gasteiger charge is -2.57. The van der Waals surface area contributed by atoms with Crippen LogP contribution in [0.15, 0.2) is 0 Å². The summed E-state index contributed by atoms with van der Waals surface area (Å²) in [6.07, 6.45) is 4.15. The second kappa shape index (κ2) is 3.41. The number of Topliss-reactive ketones (excluding diaryl/α,β-unsaturated/α-hetero) is 2. The van der Waals surface area contributed by atoms with Crippen LogP contribution in [-0.4, -0.2) is 11.6 Å². The van der Waals surface area contributed by atoms with Crippen molar-refractivity contribution >= 4 is 11.6 Å². The second-order valence-electron chi connectivity index (χ2n) is 6.94. The van der Waals surface area contributed by atoms with Crippen LogP contribution >= 0.6 is 0 Å². The SMILES string of the molecule is CC(=O)C1CC2(C1)CC(C(=O)C(C)(C)C)C2. The van der Waals surface area contributed by atoms with Gasteiger partial charge in [-0.15, -0.1) is 0 Å². The van der Waals surface area contributed by atoms with E-state index in [-0.39, 0.29) is 11.3 Å². The van der Waals surface area contributed by atoms with Gasteiger partial charge >= 0.3 is 0 Å². The van der Waals surface area contributed by atoms with Crippen molar-refractivity contribution in [3.05, 3.63) is 0 Å². The van der Waals surface area contributed by atoms with Gasteiger partial charge in [-0.1, -0.05) is 20.8 Å². The van der Waals surface area contributed by atoms with Crippen LogP contribution in [0.3, 0.4) is 0 Å². The predicted octanol–water partition coefficient (Wildman–Crippen LogP) is 3.00. The van der Waals surface area contributed by atoms with Crippen molar-refractivity contribution in [3.63, 3.8) is 0 Å². The fourth-order valence-electron chi connectivity index (χ4n) is 3.39. The number of ketones is 2. The molecule has 0 aliphatic heterocycles. The summed E-state index contributed by atoms with van der Waals surface area (Å²) in [5.74, 6) is 1.30. The third-order valence-electron chi connectivity index (χ3n) is 4.40. The van der Waals surface area contributed by atoms with Crippen molar-refractivity contribution in [2.45, 2.75) is 53.4 Å². The zero-order valence-corrected chi connectivity index (χ0v) is 10.8. The summed E-state index contributed by atoms with van der Waals surface area (Å²) < 4.78 is 0. The molecular formula is C14H22O2. The summed E-state index contributed by atoms with van der Waals surface area (Å²) in [5.41, 5.74) is 0.178. The Morgan fingerprint density at radius 1 is 1.00 bits per heavy atom. The summed E-state index contributed by atoms with van der Waals surface area (Å²) in [6.45, 7) is 7.69. The van der Waals surface area contributed by atoms with E-state index in [0.29, 0.717) is 22.9 Å². The van der Waals surface area contributed by atoms with Crippen molar-refractivity contribution in [3.8, 4) is 0 Å². The van der Waals surface area contributed by atoms with Crippen LogP contribution < -0.4 is 0 Å². The van der Waals surface area contributed by atoms with Crippen LogP contribution in [0, 0.1) is 22.7 Å². The Hall–Kier alpha value is -0.660. The quantitative estimate of drug-likeness (QED) is 0.719. The van der Waals surface area contributed by atoms with Gasteiger partial charge in [0.1, 0.15) is 11.6 Å². The van der Waals surface area contributed by atoms with Crippen LogP contribution in [-0.2, 0) is 9.59 Å². The maximum atomic E-state index is 12.0. The van der Waals surface area contributed by atoms with Gasteiger partial charge in [0.05, 0.1) is 0 Å². The molecule has 2 fully saturated rings. The van der Waals surface area contributed by atoms with E-state index in [1.165, 1.54) is 0 Å². The molecule has 2 saturated carbocycles. The number of hydrogen-bond acceptors (Lipinski definition) is 2. The molecule has 0 amide bonds. The molecule has 16 heavy (non-hydrogen) atoms. The zero-order chi connectivity index (χ0) is 12.1. The highest BCUT2D eigenvalue weighted by Crippen LogP contribution is 2.62. The van der Waals surface area contributed by atoms with E-state index in [4.69, 9.17) is 0 Å². The summed E-state index contributed by atoms with van der Waals surface area (Å²) in [4.78, 5) is 23.2. The molecule has 0 aromatic rings. The van der Waals surface area contributed by atoms with Crippen LogP contribution in [0.1, 0.15) is 53.4 Å². The number of carbonyl (C=O) groups is 2. The summed E-state index contributed by atoms with van der Waals surface area (Å²) in [5, 5.41) is 0. The molecule has 0 aromatic heterocycles. The third kappa shape index (κ3) is 1.83. The fraction of sp³-hybridized carbons (Fsp3) is 0.857. The van der Waals surface area contributed by atoms with Crippen LogP contribution in [0.5, 0.6) is 0 Å². The first-order valence-corrected chi connectivity index (χ1v) is 6.28. The van der Waals surface area contributed by atoms with Crippen molar-refractivity contribution in [1.29, 1.82) is 0 Å². The zero-order valence-electron chi connectivity index (χ0n) is 10.8. The van der Waals surface area contributed by atoms with Crippen molar-refractivity contribution in [2.75, 3.05) is 0 Å². The Morgan fingerprint density at radius 2 is 1.44 bits per heavy atom. The van der Waals surface area contributed by atoms with E-state index < -0.39 is 0 Å². The summed E-state index contributed by atoms with van der Waals surface area (Å²) in [7, 11) is 0. The molecule has 0 N–H and O–H groups in total. The van der Waals surface area contributed by atoms with Gasteiger partial charge in [0, 0.05) is 17.3 Å². The molecule has 2 nitrogen and oxygen atoms in total. The molecule has 2 heteroatoms. The second-order valence-corrected chi connectivity index (χ2v) is 6.94. The average molecular weight is 222 g/mol. The Morgan fingerprint density at radius 3 is 1.81 bits per heavy atom. The van der Waals surface area contributed by atoms with Gasteiger partial charge in [-0.2, -0.15) is 0 Å². The first-order chi connectivity index (χ1) is 7.23.